The molecule has 0 radical (unpaired) electrons. The number of hydrogen-bond acceptors (Lipinski definition) is 7. The number of ether oxygens (including phenoxy) is 4. The molecular weight excluding hydrogens is 446 g/mol. The smallest absolute Gasteiger partial charge is 0.269 e. The van der Waals surface area contributed by atoms with Gasteiger partial charge in [-0.05, 0) is 54.9 Å². The zero-order valence-corrected chi connectivity index (χ0v) is 20.1. The molecule has 10 heteroatoms. The number of methoxy groups -OCH3 is 3. The summed E-state index contributed by atoms with van der Waals surface area (Å²) >= 11 is 5.11. The molecule has 0 aliphatic heterocycles. The lowest BCUT2D eigenvalue weighted by Crippen LogP contribution is -2.48. The van der Waals surface area contributed by atoms with Gasteiger partial charge in [-0.1, -0.05) is 19.9 Å². The fraction of sp³-hybridized carbons (Fsp3) is 0.348. The second-order valence-corrected chi connectivity index (χ2v) is 7.74. The molecule has 2 amide bonds. The molecule has 0 bridgehead atoms. The highest BCUT2D eigenvalue weighted by atomic mass is 32.1. The van der Waals surface area contributed by atoms with Crippen LogP contribution in [0.3, 0.4) is 0 Å². The molecule has 0 heterocycles. The lowest BCUT2D eigenvalue weighted by Gasteiger charge is -2.15. The zero-order chi connectivity index (χ0) is 24.4. The Morgan fingerprint density at radius 2 is 1.58 bits per heavy atom. The van der Waals surface area contributed by atoms with E-state index in [-0.39, 0.29) is 10.7 Å². The van der Waals surface area contributed by atoms with Crippen LogP contribution in [0.1, 0.15) is 41.0 Å². The van der Waals surface area contributed by atoms with Gasteiger partial charge < -0.3 is 18.9 Å². The number of benzene rings is 2. The van der Waals surface area contributed by atoms with E-state index in [0.717, 1.165) is 6.42 Å². The molecular formula is C23H29N3O6S. The number of carbonyl (C=O) groups excluding carboxylic acids is 2. The molecule has 0 aliphatic rings. The monoisotopic (exact) mass is 475 g/mol. The van der Waals surface area contributed by atoms with Gasteiger partial charge in [-0.25, -0.2) is 0 Å². The fourth-order valence-electron chi connectivity index (χ4n) is 2.74. The summed E-state index contributed by atoms with van der Waals surface area (Å²) in [5.74, 6) is 1.17. The van der Waals surface area contributed by atoms with Crippen molar-refractivity contribution in [3.05, 3.63) is 47.5 Å². The standard InChI is InChI=1S/C23H29N3O6S/c1-14(2)9-10-32-17-8-6-7-15(11-17)21(27)24-23(33)26-25-22(28)16-12-18(29-3)20(31-5)19(13-16)30-4/h6-8,11-14H,9-10H2,1-5H3,(H,25,28)(H2,24,26,27,33). The Balaban J connectivity index is 1.95. The van der Waals surface area contributed by atoms with Crippen molar-refractivity contribution in [1.29, 1.82) is 0 Å². The van der Waals surface area contributed by atoms with Crippen LogP contribution in [0, 0.1) is 5.92 Å². The van der Waals surface area contributed by atoms with Crippen molar-refractivity contribution < 1.29 is 28.5 Å². The summed E-state index contributed by atoms with van der Waals surface area (Å²) in [6.45, 7) is 4.79. The molecule has 2 aromatic carbocycles. The summed E-state index contributed by atoms with van der Waals surface area (Å²) in [5, 5.41) is 2.43. The van der Waals surface area contributed by atoms with E-state index in [9.17, 15) is 9.59 Å². The predicted molar refractivity (Wildman–Crippen MR) is 128 cm³/mol. The van der Waals surface area contributed by atoms with Gasteiger partial charge in [-0.3, -0.25) is 25.8 Å². The van der Waals surface area contributed by atoms with Crippen LogP contribution in [0.25, 0.3) is 0 Å². The normalized spacial score (nSPS) is 10.2. The van der Waals surface area contributed by atoms with Crippen molar-refractivity contribution in [3.63, 3.8) is 0 Å². The Labute approximate surface area is 198 Å². The molecule has 0 saturated carbocycles. The van der Waals surface area contributed by atoms with Gasteiger partial charge >= 0.3 is 0 Å². The van der Waals surface area contributed by atoms with Gasteiger partial charge in [0.25, 0.3) is 11.8 Å². The van der Waals surface area contributed by atoms with E-state index in [2.05, 4.69) is 30.0 Å². The molecule has 0 fully saturated rings. The molecule has 178 valence electrons. The highest BCUT2D eigenvalue weighted by Crippen LogP contribution is 2.38. The van der Waals surface area contributed by atoms with Crippen LogP contribution < -0.4 is 35.1 Å². The summed E-state index contributed by atoms with van der Waals surface area (Å²) in [6, 6.07) is 9.76. The van der Waals surface area contributed by atoms with Crippen LogP contribution in [-0.4, -0.2) is 44.9 Å². The molecule has 0 saturated heterocycles. The van der Waals surface area contributed by atoms with E-state index in [1.54, 1.807) is 24.3 Å². The van der Waals surface area contributed by atoms with Crippen molar-refractivity contribution >= 4 is 29.1 Å². The lowest BCUT2D eigenvalue weighted by atomic mass is 10.1. The Kier molecular flexibility index (Phi) is 9.74. The largest absolute Gasteiger partial charge is 0.494 e. The zero-order valence-electron chi connectivity index (χ0n) is 19.3. The average Bonchev–Trinajstić information content (AvgIpc) is 2.81. The molecule has 3 N–H and O–H groups in total. The molecule has 0 atom stereocenters. The molecule has 2 rings (SSSR count). The maximum atomic E-state index is 12.5. The Morgan fingerprint density at radius 3 is 2.15 bits per heavy atom. The number of hydrogen-bond donors (Lipinski definition) is 3. The van der Waals surface area contributed by atoms with Crippen LogP contribution >= 0.6 is 12.2 Å². The molecule has 0 aliphatic carbocycles. The molecule has 2 aromatic rings. The van der Waals surface area contributed by atoms with Crippen molar-refractivity contribution in [1.82, 2.24) is 16.2 Å². The number of amides is 2. The SMILES string of the molecule is COc1cc(C(=O)NNC(=S)NC(=O)c2cccc(OCCC(C)C)c2)cc(OC)c1OC. The Hall–Kier alpha value is -3.53. The van der Waals surface area contributed by atoms with Crippen molar-refractivity contribution in [2.45, 2.75) is 20.3 Å². The van der Waals surface area contributed by atoms with Gasteiger partial charge in [-0.2, -0.15) is 0 Å². The average molecular weight is 476 g/mol. The summed E-state index contributed by atoms with van der Waals surface area (Å²) in [5.41, 5.74) is 5.53. The van der Waals surface area contributed by atoms with Crippen LogP contribution in [0.5, 0.6) is 23.0 Å². The first-order valence-electron chi connectivity index (χ1n) is 10.2. The molecule has 33 heavy (non-hydrogen) atoms. The first kappa shape index (κ1) is 25.7. The van der Waals surface area contributed by atoms with Crippen LogP contribution in [0.15, 0.2) is 36.4 Å². The van der Waals surface area contributed by atoms with E-state index in [1.807, 2.05) is 0 Å². The highest BCUT2D eigenvalue weighted by Gasteiger charge is 2.17. The van der Waals surface area contributed by atoms with Gasteiger partial charge in [0.05, 0.1) is 27.9 Å². The van der Waals surface area contributed by atoms with E-state index >= 15 is 0 Å². The van der Waals surface area contributed by atoms with Gasteiger partial charge in [0.1, 0.15) is 5.75 Å². The van der Waals surface area contributed by atoms with E-state index in [1.165, 1.54) is 33.5 Å². The topological polar surface area (TPSA) is 107 Å². The third-order valence-corrected chi connectivity index (χ3v) is 4.71. The maximum absolute atomic E-state index is 12.5. The summed E-state index contributed by atoms with van der Waals surface area (Å²) in [4.78, 5) is 25.0. The van der Waals surface area contributed by atoms with Crippen molar-refractivity contribution in [2.24, 2.45) is 5.92 Å². The minimum atomic E-state index is -0.522. The van der Waals surface area contributed by atoms with Crippen LogP contribution in [0.2, 0.25) is 0 Å². The van der Waals surface area contributed by atoms with Crippen molar-refractivity contribution in [2.75, 3.05) is 27.9 Å². The quantitative estimate of drug-likeness (QED) is 0.375. The number of thiocarbonyl (C=S) groups is 1. The fourth-order valence-corrected chi connectivity index (χ4v) is 2.89. The van der Waals surface area contributed by atoms with E-state index in [4.69, 9.17) is 31.2 Å². The van der Waals surface area contributed by atoms with Gasteiger partial charge in [-0.15, -0.1) is 0 Å². The minimum absolute atomic E-state index is 0.0769. The first-order valence-corrected chi connectivity index (χ1v) is 10.6. The minimum Gasteiger partial charge on any atom is -0.494 e. The Bertz CT molecular complexity index is 971. The predicted octanol–water partition coefficient (Wildman–Crippen LogP) is 3.09. The lowest BCUT2D eigenvalue weighted by molar-refractivity contribution is 0.0934. The third kappa shape index (κ3) is 7.53. The maximum Gasteiger partial charge on any atom is 0.269 e. The highest BCUT2D eigenvalue weighted by molar-refractivity contribution is 7.80. The van der Waals surface area contributed by atoms with Crippen molar-refractivity contribution in [3.8, 4) is 23.0 Å². The number of rotatable bonds is 9. The first-order chi connectivity index (χ1) is 15.8. The van der Waals surface area contributed by atoms with Crippen LogP contribution in [-0.2, 0) is 0 Å². The molecule has 0 aromatic heterocycles. The summed E-state index contributed by atoms with van der Waals surface area (Å²) in [6.07, 6.45) is 0.913. The van der Waals surface area contributed by atoms with E-state index in [0.29, 0.717) is 41.1 Å². The van der Waals surface area contributed by atoms with E-state index < -0.39 is 11.8 Å². The summed E-state index contributed by atoms with van der Waals surface area (Å²) < 4.78 is 21.4. The second-order valence-electron chi connectivity index (χ2n) is 7.34. The number of nitrogens with one attached hydrogen (secondary N) is 3. The molecule has 9 nitrogen and oxygen atoms in total. The summed E-state index contributed by atoms with van der Waals surface area (Å²) in [7, 11) is 4.37. The molecule has 0 unspecified atom stereocenters. The van der Waals surface area contributed by atoms with Gasteiger partial charge in [0, 0.05) is 11.1 Å². The van der Waals surface area contributed by atoms with Crippen LogP contribution in [0.4, 0.5) is 0 Å². The molecule has 0 spiro atoms. The van der Waals surface area contributed by atoms with Gasteiger partial charge in [0.15, 0.2) is 16.6 Å². The van der Waals surface area contributed by atoms with Gasteiger partial charge in [0.2, 0.25) is 5.75 Å². The Morgan fingerprint density at radius 1 is 0.909 bits per heavy atom. The second kappa shape index (κ2) is 12.5. The third-order valence-electron chi connectivity index (χ3n) is 4.50. The number of hydrazine groups is 1. The number of carbonyl (C=O) groups is 2.